The summed E-state index contributed by atoms with van der Waals surface area (Å²) in [5, 5.41) is 0. The van der Waals surface area contributed by atoms with Crippen molar-refractivity contribution in [2.75, 3.05) is 26.8 Å². The SMILES string of the molecule is COc1cccc2c1OCC(NS(=O)(=O)N1CCCCCC1)C2. The molecule has 0 bridgehead atoms. The van der Waals surface area contributed by atoms with Gasteiger partial charge in [-0.3, -0.25) is 0 Å². The van der Waals surface area contributed by atoms with Crippen molar-refractivity contribution in [1.29, 1.82) is 0 Å². The van der Waals surface area contributed by atoms with Crippen LogP contribution < -0.4 is 14.2 Å². The van der Waals surface area contributed by atoms with Crippen LogP contribution in [0.3, 0.4) is 0 Å². The molecule has 2 aliphatic heterocycles. The third-order valence-electron chi connectivity index (χ3n) is 4.40. The molecule has 1 fully saturated rings. The van der Waals surface area contributed by atoms with E-state index in [9.17, 15) is 8.42 Å². The second-order valence-corrected chi connectivity index (χ2v) is 7.80. The number of nitrogens with one attached hydrogen (secondary N) is 1. The van der Waals surface area contributed by atoms with Gasteiger partial charge in [-0.15, -0.1) is 0 Å². The predicted molar refractivity (Wildman–Crippen MR) is 88.1 cm³/mol. The zero-order valence-electron chi connectivity index (χ0n) is 13.5. The number of hydrogen-bond donors (Lipinski definition) is 1. The van der Waals surface area contributed by atoms with Crippen LogP contribution in [0.5, 0.6) is 11.5 Å². The molecule has 2 heterocycles. The third-order valence-corrected chi connectivity index (χ3v) is 6.07. The van der Waals surface area contributed by atoms with Crippen LogP contribution in [0.2, 0.25) is 0 Å². The molecule has 1 N–H and O–H groups in total. The molecule has 7 heteroatoms. The number of fused-ring (bicyclic) bond motifs is 1. The summed E-state index contributed by atoms with van der Waals surface area (Å²) in [5.41, 5.74) is 0.971. The van der Waals surface area contributed by atoms with Crippen LogP contribution in [0.25, 0.3) is 0 Å². The topological polar surface area (TPSA) is 67.9 Å². The molecule has 1 aromatic rings. The predicted octanol–water partition coefficient (Wildman–Crippen LogP) is 1.71. The molecular weight excluding hydrogens is 316 g/mol. The van der Waals surface area contributed by atoms with Gasteiger partial charge in [0.15, 0.2) is 11.5 Å². The molecule has 0 saturated carbocycles. The van der Waals surface area contributed by atoms with Gasteiger partial charge in [-0.05, 0) is 30.9 Å². The number of benzene rings is 1. The first-order chi connectivity index (χ1) is 11.1. The molecule has 1 unspecified atom stereocenters. The molecule has 0 aliphatic carbocycles. The van der Waals surface area contributed by atoms with Crippen molar-refractivity contribution in [2.24, 2.45) is 0 Å². The van der Waals surface area contributed by atoms with Crippen molar-refractivity contribution in [3.63, 3.8) is 0 Å². The molecule has 0 amide bonds. The van der Waals surface area contributed by atoms with Crippen LogP contribution in [0.1, 0.15) is 31.2 Å². The van der Waals surface area contributed by atoms with Gasteiger partial charge in [-0.2, -0.15) is 17.4 Å². The smallest absolute Gasteiger partial charge is 0.279 e. The summed E-state index contributed by atoms with van der Waals surface area (Å²) >= 11 is 0. The second-order valence-electron chi connectivity index (χ2n) is 6.10. The number of rotatable bonds is 4. The fraction of sp³-hybridized carbons (Fsp3) is 0.625. The van der Waals surface area contributed by atoms with E-state index in [1.54, 1.807) is 11.4 Å². The fourth-order valence-electron chi connectivity index (χ4n) is 3.20. The Hall–Kier alpha value is -1.31. The van der Waals surface area contributed by atoms with E-state index in [0.29, 0.717) is 31.9 Å². The van der Waals surface area contributed by atoms with Crippen molar-refractivity contribution in [3.8, 4) is 11.5 Å². The summed E-state index contributed by atoms with van der Waals surface area (Å²) in [5.74, 6) is 1.41. The van der Waals surface area contributed by atoms with E-state index in [0.717, 1.165) is 37.0 Å². The number of methoxy groups -OCH3 is 1. The monoisotopic (exact) mass is 340 g/mol. The third kappa shape index (κ3) is 3.79. The molecule has 23 heavy (non-hydrogen) atoms. The van der Waals surface area contributed by atoms with E-state index >= 15 is 0 Å². The molecule has 2 aliphatic rings. The summed E-state index contributed by atoms with van der Waals surface area (Å²) < 4.78 is 40.6. The van der Waals surface area contributed by atoms with Crippen LogP contribution in [-0.4, -0.2) is 45.6 Å². The highest BCUT2D eigenvalue weighted by Crippen LogP contribution is 2.34. The molecule has 6 nitrogen and oxygen atoms in total. The Morgan fingerprint density at radius 3 is 2.65 bits per heavy atom. The minimum Gasteiger partial charge on any atom is -0.493 e. The highest BCUT2D eigenvalue weighted by molar-refractivity contribution is 7.87. The highest BCUT2D eigenvalue weighted by Gasteiger charge is 2.29. The van der Waals surface area contributed by atoms with E-state index in [1.165, 1.54) is 0 Å². The Morgan fingerprint density at radius 1 is 1.22 bits per heavy atom. The molecule has 1 atom stereocenters. The summed E-state index contributed by atoms with van der Waals surface area (Å²) in [6.07, 6.45) is 4.68. The van der Waals surface area contributed by atoms with Gasteiger partial charge in [0, 0.05) is 13.1 Å². The van der Waals surface area contributed by atoms with Gasteiger partial charge >= 0.3 is 0 Å². The van der Waals surface area contributed by atoms with Crippen LogP contribution in [-0.2, 0) is 16.6 Å². The largest absolute Gasteiger partial charge is 0.493 e. The molecule has 1 saturated heterocycles. The summed E-state index contributed by atoms with van der Waals surface area (Å²) in [6.45, 7) is 1.53. The number of para-hydroxylation sites is 1. The zero-order chi connectivity index (χ0) is 16.3. The Balaban J connectivity index is 1.69. The Morgan fingerprint density at radius 2 is 1.96 bits per heavy atom. The quantitative estimate of drug-likeness (QED) is 0.906. The normalized spacial score (nSPS) is 22.7. The maximum absolute atomic E-state index is 12.6. The lowest BCUT2D eigenvalue weighted by Gasteiger charge is -2.29. The lowest BCUT2D eigenvalue weighted by Crippen LogP contribution is -2.49. The zero-order valence-corrected chi connectivity index (χ0v) is 14.3. The molecule has 0 radical (unpaired) electrons. The van der Waals surface area contributed by atoms with E-state index in [1.807, 2.05) is 18.2 Å². The number of nitrogens with zero attached hydrogens (tertiary/aromatic N) is 1. The first-order valence-corrected chi connectivity index (χ1v) is 9.60. The molecule has 0 aromatic heterocycles. The maximum atomic E-state index is 12.6. The minimum absolute atomic E-state index is 0.247. The van der Waals surface area contributed by atoms with Gasteiger partial charge in [0.2, 0.25) is 0 Å². The first kappa shape index (κ1) is 16.5. The minimum atomic E-state index is -3.45. The van der Waals surface area contributed by atoms with Crippen molar-refractivity contribution in [2.45, 2.75) is 38.1 Å². The average Bonchev–Trinajstić information content (AvgIpc) is 2.83. The van der Waals surface area contributed by atoms with Crippen molar-refractivity contribution in [1.82, 2.24) is 9.03 Å². The molecule has 0 spiro atoms. The maximum Gasteiger partial charge on any atom is 0.279 e. The van der Waals surface area contributed by atoms with Crippen LogP contribution in [0, 0.1) is 0 Å². The van der Waals surface area contributed by atoms with Crippen molar-refractivity contribution >= 4 is 10.2 Å². The van der Waals surface area contributed by atoms with Gasteiger partial charge in [-0.1, -0.05) is 25.0 Å². The van der Waals surface area contributed by atoms with E-state index in [4.69, 9.17) is 9.47 Å². The molecule has 3 rings (SSSR count). The van der Waals surface area contributed by atoms with Crippen LogP contribution in [0.15, 0.2) is 18.2 Å². The Bertz CT molecular complexity index is 639. The summed E-state index contributed by atoms with van der Waals surface area (Å²) in [6, 6.07) is 5.44. The van der Waals surface area contributed by atoms with Gasteiger partial charge in [-0.25, -0.2) is 0 Å². The lowest BCUT2D eigenvalue weighted by atomic mass is 10.0. The van der Waals surface area contributed by atoms with Crippen molar-refractivity contribution in [3.05, 3.63) is 23.8 Å². The Kier molecular flexibility index (Phi) is 5.08. The van der Waals surface area contributed by atoms with E-state index in [-0.39, 0.29) is 6.04 Å². The van der Waals surface area contributed by atoms with Crippen molar-refractivity contribution < 1.29 is 17.9 Å². The number of hydrogen-bond acceptors (Lipinski definition) is 4. The van der Waals surface area contributed by atoms with Crippen LogP contribution >= 0.6 is 0 Å². The van der Waals surface area contributed by atoms with E-state index in [2.05, 4.69) is 4.72 Å². The molecule has 128 valence electrons. The fourth-order valence-corrected chi connectivity index (χ4v) is 4.66. The van der Waals surface area contributed by atoms with Gasteiger partial charge in [0.1, 0.15) is 6.61 Å². The summed E-state index contributed by atoms with van der Waals surface area (Å²) in [7, 11) is -1.85. The average molecular weight is 340 g/mol. The van der Waals surface area contributed by atoms with Gasteiger partial charge < -0.3 is 9.47 Å². The summed E-state index contributed by atoms with van der Waals surface area (Å²) in [4.78, 5) is 0. The first-order valence-electron chi connectivity index (χ1n) is 8.16. The van der Waals surface area contributed by atoms with E-state index < -0.39 is 10.2 Å². The van der Waals surface area contributed by atoms with Gasteiger partial charge in [0.05, 0.1) is 13.2 Å². The number of ether oxygens (including phenoxy) is 2. The second kappa shape index (κ2) is 7.07. The van der Waals surface area contributed by atoms with Crippen LogP contribution in [0.4, 0.5) is 0 Å². The highest BCUT2D eigenvalue weighted by atomic mass is 32.2. The standard InChI is InChI=1S/C16H24N2O4S/c1-21-15-8-6-7-13-11-14(12-22-16(13)15)17-23(19,20)18-9-4-2-3-5-10-18/h6-8,14,17H,2-5,9-12H2,1H3. The van der Waals surface area contributed by atoms with Gasteiger partial charge in [0.25, 0.3) is 10.2 Å². The Labute approximate surface area is 138 Å². The molecule has 1 aromatic carbocycles. The lowest BCUT2D eigenvalue weighted by molar-refractivity contribution is 0.238. The molecular formula is C16H24N2O4S.